The summed E-state index contributed by atoms with van der Waals surface area (Å²) in [6, 6.07) is 2.60. The normalized spacial score (nSPS) is 12.3. The van der Waals surface area contributed by atoms with Crippen molar-refractivity contribution in [3.8, 4) is 11.5 Å². The lowest BCUT2D eigenvalue weighted by atomic mass is 9.86. The maximum Gasteiger partial charge on any atom is 0.226 e. The minimum absolute atomic E-state index is 0.404. The maximum atomic E-state index is 11.6. The third-order valence-corrected chi connectivity index (χ3v) is 5.07. The Bertz CT molecular complexity index is 861. The van der Waals surface area contributed by atoms with Crippen LogP contribution in [0.25, 0.3) is 0 Å². The van der Waals surface area contributed by atoms with Gasteiger partial charge < -0.3 is 28.5 Å². The minimum atomic E-state index is -0.465. The van der Waals surface area contributed by atoms with E-state index in [9.17, 15) is 19.8 Å². The molecule has 0 aliphatic carbocycles. The Hall–Kier alpha value is -2.58. The van der Waals surface area contributed by atoms with E-state index in [2.05, 4.69) is 0 Å². The predicted octanol–water partition coefficient (Wildman–Crippen LogP) is 3.07. The van der Waals surface area contributed by atoms with Crippen LogP contribution in [0.15, 0.2) is 43.1 Å². The van der Waals surface area contributed by atoms with Gasteiger partial charge in [0, 0.05) is 36.2 Å². The molecule has 0 amide bonds. The van der Waals surface area contributed by atoms with Gasteiger partial charge in [0.1, 0.15) is 24.0 Å². The number of hydrogen-bond acceptors (Lipinski definition) is 8. The molecule has 2 rings (SSSR count). The fourth-order valence-electron chi connectivity index (χ4n) is 2.74. The molecule has 0 atom stereocenters. The van der Waals surface area contributed by atoms with Crippen LogP contribution in [0.3, 0.4) is 0 Å². The second kappa shape index (κ2) is 9.95. The Morgan fingerprint density at radius 3 is 1.43 bits per heavy atom. The average Bonchev–Trinajstić information content (AvgIpc) is 2.68. The summed E-state index contributed by atoms with van der Waals surface area (Å²) in [4.78, 5) is 23.1. The van der Waals surface area contributed by atoms with E-state index in [0.29, 0.717) is 50.8 Å². The van der Waals surface area contributed by atoms with Crippen LogP contribution >= 0.6 is 0 Å². The van der Waals surface area contributed by atoms with Crippen LogP contribution in [-0.4, -0.2) is 36.6 Å². The quantitative estimate of drug-likeness (QED) is 0.530. The second-order valence-electron chi connectivity index (χ2n) is 8.48. The fraction of sp³-hybridized carbons (Fsp3) is 0.545. The molecule has 166 valence electrons. The summed E-state index contributed by atoms with van der Waals surface area (Å²) >= 11 is 0. The van der Waals surface area contributed by atoms with Gasteiger partial charge in [-0.15, -0.1) is 0 Å². The van der Waals surface area contributed by atoms with Crippen molar-refractivity contribution in [2.24, 2.45) is 0 Å². The highest BCUT2D eigenvalue weighted by Crippen LogP contribution is 2.27. The summed E-state index contributed by atoms with van der Waals surface area (Å²) in [5.41, 5.74) is -1.75. The molecule has 0 spiro atoms. The standard InChI is InChI=1S/C22H30O8/c1-21(2,19-11-15(23)17(25)13-29-19)5-7-27-9-10-28-8-6-22(3,4)20-12-16(24)18(26)14-30-20/h11-14,25-26H,5-10H2,1-4H3. The molecule has 0 bridgehead atoms. The number of ether oxygens (including phenoxy) is 2. The summed E-state index contributed by atoms with van der Waals surface area (Å²) in [5.74, 6) is 0.180. The van der Waals surface area contributed by atoms with Gasteiger partial charge in [0.15, 0.2) is 11.5 Å². The number of hydrogen-bond donors (Lipinski definition) is 2. The highest BCUT2D eigenvalue weighted by molar-refractivity contribution is 5.20. The first-order valence-electron chi connectivity index (χ1n) is 9.83. The SMILES string of the molecule is CC(C)(CCOCCOCCC(C)(C)c1cc(=O)c(O)co1)c1cc(=O)c(O)co1. The van der Waals surface area contributed by atoms with Crippen molar-refractivity contribution in [1.29, 1.82) is 0 Å². The zero-order valence-corrected chi connectivity index (χ0v) is 17.9. The Kier molecular flexibility index (Phi) is 7.86. The zero-order valence-electron chi connectivity index (χ0n) is 17.9. The van der Waals surface area contributed by atoms with Gasteiger partial charge in [0.05, 0.1) is 13.2 Å². The zero-order chi connectivity index (χ0) is 22.4. The smallest absolute Gasteiger partial charge is 0.226 e. The summed E-state index contributed by atoms with van der Waals surface area (Å²) in [6.45, 7) is 9.51. The molecule has 8 heteroatoms. The van der Waals surface area contributed by atoms with Crippen molar-refractivity contribution in [2.45, 2.75) is 51.4 Å². The molecule has 0 fully saturated rings. The van der Waals surface area contributed by atoms with Crippen LogP contribution in [0.4, 0.5) is 0 Å². The monoisotopic (exact) mass is 422 g/mol. The van der Waals surface area contributed by atoms with Gasteiger partial charge in [0.2, 0.25) is 10.9 Å². The molecule has 8 nitrogen and oxygen atoms in total. The van der Waals surface area contributed by atoms with E-state index in [0.717, 1.165) is 12.5 Å². The summed E-state index contributed by atoms with van der Waals surface area (Å²) in [5, 5.41) is 18.6. The van der Waals surface area contributed by atoms with Gasteiger partial charge in [-0.05, 0) is 12.8 Å². The average molecular weight is 422 g/mol. The van der Waals surface area contributed by atoms with E-state index in [-0.39, 0.29) is 0 Å². The van der Waals surface area contributed by atoms with Gasteiger partial charge in [-0.3, -0.25) is 9.59 Å². The first-order valence-corrected chi connectivity index (χ1v) is 9.83. The van der Waals surface area contributed by atoms with Crippen molar-refractivity contribution in [2.75, 3.05) is 26.4 Å². The lowest BCUT2D eigenvalue weighted by Gasteiger charge is -2.23. The van der Waals surface area contributed by atoms with Crippen molar-refractivity contribution in [1.82, 2.24) is 0 Å². The summed E-state index contributed by atoms with van der Waals surface area (Å²) < 4.78 is 21.9. The van der Waals surface area contributed by atoms with E-state index < -0.39 is 33.2 Å². The molecule has 0 aliphatic rings. The van der Waals surface area contributed by atoms with Crippen LogP contribution in [0.2, 0.25) is 0 Å². The van der Waals surface area contributed by atoms with Crippen LogP contribution in [0, 0.1) is 0 Å². The molecule has 2 aromatic rings. The Morgan fingerprint density at radius 2 is 1.10 bits per heavy atom. The maximum absolute atomic E-state index is 11.6. The first-order chi connectivity index (χ1) is 14.0. The van der Waals surface area contributed by atoms with E-state index in [1.165, 1.54) is 12.1 Å². The molecular weight excluding hydrogens is 392 g/mol. The van der Waals surface area contributed by atoms with Crippen LogP contribution in [-0.2, 0) is 20.3 Å². The van der Waals surface area contributed by atoms with Crippen molar-refractivity contribution in [3.05, 3.63) is 56.6 Å². The summed E-state index contributed by atoms with van der Waals surface area (Å²) in [6.07, 6.45) is 3.37. The summed E-state index contributed by atoms with van der Waals surface area (Å²) in [7, 11) is 0. The molecule has 0 aliphatic heterocycles. The third kappa shape index (κ3) is 6.47. The van der Waals surface area contributed by atoms with Crippen LogP contribution in [0.5, 0.6) is 11.5 Å². The van der Waals surface area contributed by atoms with E-state index >= 15 is 0 Å². The molecule has 0 radical (unpaired) electrons. The lowest BCUT2D eigenvalue weighted by molar-refractivity contribution is 0.0352. The highest BCUT2D eigenvalue weighted by atomic mass is 16.5. The second-order valence-corrected chi connectivity index (χ2v) is 8.48. The Morgan fingerprint density at radius 1 is 0.733 bits per heavy atom. The first kappa shape index (κ1) is 23.7. The molecule has 30 heavy (non-hydrogen) atoms. The molecule has 2 aromatic heterocycles. The minimum Gasteiger partial charge on any atom is -0.502 e. The fourth-order valence-corrected chi connectivity index (χ4v) is 2.74. The highest BCUT2D eigenvalue weighted by Gasteiger charge is 2.25. The van der Waals surface area contributed by atoms with Gasteiger partial charge in [-0.2, -0.15) is 0 Å². The van der Waals surface area contributed by atoms with E-state index in [4.69, 9.17) is 18.3 Å². The van der Waals surface area contributed by atoms with Crippen LogP contribution < -0.4 is 10.9 Å². The Labute approximate surface area is 175 Å². The molecule has 0 unspecified atom stereocenters. The number of aromatic hydroxyl groups is 2. The van der Waals surface area contributed by atoms with E-state index in [1.807, 2.05) is 27.7 Å². The van der Waals surface area contributed by atoms with Crippen molar-refractivity contribution >= 4 is 0 Å². The van der Waals surface area contributed by atoms with E-state index in [1.54, 1.807) is 0 Å². The predicted molar refractivity (Wildman–Crippen MR) is 110 cm³/mol. The third-order valence-electron chi connectivity index (χ3n) is 5.07. The van der Waals surface area contributed by atoms with Crippen LogP contribution in [0.1, 0.15) is 52.1 Å². The molecular formula is C22H30O8. The Balaban J connectivity index is 1.67. The van der Waals surface area contributed by atoms with Gasteiger partial charge >= 0.3 is 0 Å². The molecule has 2 heterocycles. The molecule has 0 saturated heterocycles. The van der Waals surface area contributed by atoms with Crippen molar-refractivity contribution in [3.63, 3.8) is 0 Å². The molecule has 2 N–H and O–H groups in total. The van der Waals surface area contributed by atoms with Crippen molar-refractivity contribution < 1.29 is 28.5 Å². The molecule has 0 aromatic carbocycles. The lowest BCUT2D eigenvalue weighted by Crippen LogP contribution is -2.23. The largest absolute Gasteiger partial charge is 0.502 e. The topological polar surface area (TPSA) is 119 Å². The number of rotatable bonds is 11. The van der Waals surface area contributed by atoms with Gasteiger partial charge in [-0.1, -0.05) is 27.7 Å². The molecule has 0 saturated carbocycles. The van der Waals surface area contributed by atoms with Gasteiger partial charge in [-0.25, -0.2) is 0 Å². The van der Waals surface area contributed by atoms with Gasteiger partial charge in [0.25, 0.3) is 0 Å².